The van der Waals surface area contributed by atoms with Gasteiger partial charge < -0.3 is 15.7 Å². The van der Waals surface area contributed by atoms with E-state index in [9.17, 15) is 9.90 Å². The molecule has 1 aliphatic heterocycles. The molecule has 1 amide bonds. The first-order chi connectivity index (χ1) is 8.74. The third kappa shape index (κ3) is 4.14. The van der Waals surface area contributed by atoms with E-state index in [4.69, 9.17) is 16.4 Å². The second kappa shape index (κ2) is 5.57. The minimum atomic E-state index is -0.771. The fraction of sp³-hybridized carbons (Fsp3) is 0.500. The molecule has 1 heterocycles. The van der Waals surface area contributed by atoms with Crippen LogP contribution in [0.3, 0.4) is 0 Å². The van der Waals surface area contributed by atoms with Crippen molar-refractivity contribution in [2.75, 3.05) is 6.54 Å². The van der Waals surface area contributed by atoms with Crippen molar-refractivity contribution < 1.29 is 14.6 Å². The number of ether oxygens (including phenoxy) is 1. The Hall–Kier alpha value is -2.29. The van der Waals surface area contributed by atoms with E-state index in [1.807, 2.05) is 0 Å². The lowest BCUT2D eigenvalue weighted by Gasteiger charge is -2.27. The zero-order valence-corrected chi connectivity index (χ0v) is 11.1. The Morgan fingerprint density at radius 1 is 1.58 bits per heavy atom. The summed E-state index contributed by atoms with van der Waals surface area (Å²) in [7, 11) is 0. The van der Waals surface area contributed by atoms with Crippen molar-refractivity contribution in [3.8, 4) is 0 Å². The van der Waals surface area contributed by atoms with E-state index in [1.54, 1.807) is 20.8 Å². The van der Waals surface area contributed by atoms with Crippen LogP contribution in [0.1, 0.15) is 20.8 Å². The maximum Gasteiger partial charge on any atom is 0.429 e. The number of rotatable bonds is 2. The van der Waals surface area contributed by atoms with Crippen LogP contribution >= 0.6 is 0 Å². The van der Waals surface area contributed by atoms with Crippen molar-refractivity contribution >= 4 is 6.09 Å². The van der Waals surface area contributed by atoms with E-state index in [-0.39, 0.29) is 18.0 Å². The van der Waals surface area contributed by atoms with Crippen LogP contribution in [0.25, 0.3) is 0 Å². The van der Waals surface area contributed by atoms with Gasteiger partial charge >= 0.3 is 6.09 Å². The zero-order chi connectivity index (χ0) is 14.6. The first-order valence-electron chi connectivity index (χ1n) is 5.51. The highest BCUT2D eigenvalue weighted by molar-refractivity contribution is 5.70. The number of hydrogen-bond donors (Lipinski definition) is 3. The van der Waals surface area contributed by atoms with Gasteiger partial charge in [-0.05, 0) is 32.1 Å². The molecule has 0 fully saturated rings. The topological polar surface area (TPSA) is 130 Å². The van der Waals surface area contributed by atoms with Crippen LogP contribution in [0.5, 0.6) is 0 Å². The summed E-state index contributed by atoms with van der Waals surface area (Å²) < 4.78 is 5.08. The normalized spacial score (nSPS) is 16.1. The molecule has 0 aromatic carbocycles. The minimum absolute atomic E-state index is 0.123. The van der Waals surface area contributed by atoms with Crippen LogP contribution < -0.4 is 11.7 Å². The molecular formula is C10H18N6O3. The molecule has 1 rings (SSSR count). The first kappa shape index (κ1) is 14.8. The van der Waals surface area contributed by atoms with Gasteiger partial charge in [-0.2, -0.15) is 0 Å². The number of aliphatic hydroxyl groups excluding tert-OH is 1. The third-order valence-corrected chi connectivity index (χ3v) is 2.02. The molecular weight excluding hydrogens is 252 g/mol. The van der Waals surface area contributed by atoms with Crippen molar-refractivity contribution in [2.45, 2.75) is 26.4 Å². The van der Waals surface area contributed by atoms with Gasteiger partial charge in [-0.1, -0.05) is 5.22 Å². The fourth-order valence-electron chi connectivity index (χ4n) is 1.30. The monoisotopic (exact) mass is 270 g/mol. The van der Waals surface area contributed by atoms with Gasteiger partial charge in [-0.15, -0.1) is 0 Å². The maximum atomic E-state index is 11.7. The standard InChI is InChI=1S/C10H18N6O3/c1-10(2,3)19-9(18)16(12)7-4-5-15(14-13-11)6-8(7)17/h4,6,17H,5,12H2,1-3H3,(H2,11,14). The molecule has 0 saturated carbocycles. The Morgan fingerprint density at radius 3 is 2.68 bits per heavy atom. The second-order valence-corrected chi connectivity index (χ2v) is 4.78. The number of hydrazine groups is 1. The smallest absolute Gasteiger partial charge is 0.429 e. The lowest BCUT2D eigenvalue weighted by molar-refractivity contribution is 0.0302. The molecule has 9 nitrogen and oxygen atoms in total. The summed E-state index contributed by atoms with van der Waals surface area (Å²) in [4.78, 5) is 11.7. The number of hydrogen-bond acceptors (Lipinski definition) is 6. The predicted octanol–water partition coefficient (Wildman–Crippen LogP) is 0.937. The largest absolute Gasteiger partial charge is 0.504 e. The van der Waals surface area contributed by atoms with Crippen LogP contribution in [0, 0.1) is 0 Å². The van der Waals surface area contributed by atoms with Crippen LogP contribution in [0.4, 0.5) is 4.79 Å². The Bertz CT molecular complexity index is 437. The van der Waals surface area contributed by atoms with E-state index in [0.717, 1.165) is 5.01 Å². The van der Waals surface area contributed by atoms with Gasteiger partial charge in [0.1, 0.15) is 11.3 Å². The van der Waals surface area contributed by atoms with Gasteiger partial charge in [0.05, 0.1) is 12.7 Å². The Kier molecular flexibility index (Phi) is 4.33. The van der Waals surface area contributed by atoms with E-state index < -0.39 is 11.7 Å². The highest BCUT2D eigenvalue weighted by Crippen LogP contribution is 2.18. The second-order valence-electron chi connectivity index (χ2n) is 4.78. The molecule has 0 radical (unpaired) electrons. The van der Waals surface area contributed by atoms with Gasteiger partial charge in [0, 0.05) is 0 Å². The highest BCUT2D eigenvalue weighted by Gasteiger charge is 2.26. The van der Waals surface area contributed by atoms with Gasteiger partial charge in [-0.25, -0.2) is 20.7 Å². The average Bonchev–Trinajstić information content (AvgIpc) is 2.26. The summed E-state index contributed by atoms with van der Waals surface area (Å²) in [6, 6.07) is 0. The molecule has 0 saturated heterocycles. The number of amides is 1. The zero-order valence-electron chi connectivity index (χ0n) is 11.1. The van der Waals surface area contributed by atoms with Crippen molar-refractivity contribution in [1.82, 2.24) is 10.0 Å². The van der Waals surface area contributed by atoms with Crippen molar-refractivity contribution in [2.24, 2.45) is 22.1 Å². The van der Waals surface area contributed by atoms with Crippen molar-refractivity contribution in [3.63, 3.8) is 0 Å². The number of nitrogens with two attached hydrogens (primary N) is 2. The van der Waals surface area contributed by atoms with Crippen LogP contribution in [0.2, 0.25) is 0 Å². The molecule has 0 spiro atoms. The third-order valence-electron chi connectivity index (χ3n) is 2.02. The molecule has 0 aliphatic carbocycles. The van der Waals surface area contributed by atoms with E-state index in [1.165, 1.54) is 17.3 Å². The summed E-state index contributed by atoms with van der Waals surface area (Å²) in [6.07, 6.45) is 1.97. The van der Waals surface area contributed by atoms with Crippen molar-refractivity contribution in [1.29, 1.82) is 0 Å². The van der Waals surface area contributed by atoms with Crippen molar-refractivity contribution in [3.05, 3.63) is 23.7 Å². The number of nitrogens with zero attached hydrogens (tertiary/aromatic N) is 4. The molecule has 106 valence electrons. The SMILES string of the molecule is CC(C)(C)OC(=O)N(N)C1=CCN(N=NN)C=C1O. The lowest BCUT2D eigenvalue weighted by Crippen LogP contribution is -2.42. The minimum Gasteiger partial charge on any atom is -0.504 e. The molecule has 5 N–H and O–H groups in total. The molecule has 1 aliphatic rings. The molecule has 0 atom stereocenters. The van der Waals surface area contributed by atoms with Crippen LogP contribution in [0.15, 0.2) is 34.2 Å². The molecule has 9 heteroatoms. The van der Waals surface area contributed by atoms with E-state index in [2.05, 4.69) is 10.4 Å². The molecule has 0 aromatic heterocycles. The quantitative estimate of drug-likeness (QED) is 0.296. The Labute approximate surface area is 110 Å². The predicted molar refractivity (Wildman–Crippen MR) is 66.8 cm³/mol. The average molecular weight is 270 g/mol. The molecule has 0 bridgehead atoms. The Morgan fingerprint density at radius 2 is 2.21 bits per heavy atom. The molecule has 0 unspecified atom stereocenters. The summed E-state index contributed by atoms with van der Waals surface area (Å²) >= 11 is 0. The Balaban J connectivity index is 2.77. The number of carbonyl (C=O) groups is 1. The lowest BCUT2D eigenvalue weighted by atomic mass is 10.2. The fourth-order valence-corrected chi connectivity index (χ4v) is 1.30. The maximum absolute atomic E-state index is 11.7. The summed E-state index contributed by atoms with van der Waals surface area (Å²) in [5.41, 5.74) is -0.555. The molecule has 0 aromatic rings. The van der Waals surface area contributed by atoms with Crippen LogP contribution in [-0.4, -0.2) is 33.4 Å². The summed E-state index contributed by atoms with van der Waals surface area (Å²) in [5, 5.41) is 18.4. The van der Waals surface area contributed by atoms with Gasteiger partial charge in [0.25, 0.3) is 0 Å². The highest BCUT2D eigenvalue weighted by atomic mass is 16.6. The summed E-state index contributed by atoms with van der Waals surface area (Å²) in [6.45, 7) is 5.41. The van der Waals surface area contributed by atoms with Gasteiger partial charge in [0.15, 0.2) is 5.76 Å². The van der Waals surface area contributed by atoms with Gasteiger partial charge in [-0.3, -0.25) is 0 Å². The van der Waals surface area contributed by atoms with E-state index >= 15 is 0 Å². The first-order valence-corrected chi connectivity index (χ1v) is 5.51. The van der Waals surface area contributed by atoms with Crippen LogP contribution in [-0.2, 0) is 4.74 Å². The molecule has 19 heavy (non-hydrogen) atoms. The van der Waals surface area contributed by atoms with Gasteiger partial charge in [0.2, 0.25) is 0 Å². The number of aliphatic hydroxyl groups is 1. The summed E-state index contributed by atoms with van der Waals surface area (Å²) in [5.74, 6) is 10.3. The van der Waals surface area contributed by atoms with E-state index in [0.29, 0.717) is 0 Å². The number of carbonyl (C=O) groups excluding carboxylic acids is 1.